The molecular weight excluding hydrogens is 1540 g/mol. The highest BCUT2D eigenvalue weighted by Crippen LogP contribution is 2.68. The minimum absolute atomic E-state index is 0.0239. The lowest BCUT2D eigenvalue weighted by Gasteiger charge is -2.62. The molecule has 32 heteroatoms. The van der Waals surface area contributed by atoms with Crippen LogP contribution in [0.25, 0.3) is 0 Å². The molecule has 0 radical (unpaired) electrons. The first-order valence-corrected chi connectivity index (χ1v) is 40.5. The molecule has 0 amide bonds. The van der Waals surface area contributed by atoms with E-state index in [1.165, 1.54) is 79.7 Å². The third-order valence-corrected chi connectivity index (χ3v) is 28.3. The van der Waals surface area contributed by atoms with Crippen LogP contribution in [-0.2, 0) is 75.0 Å². The fourth-order valence-corrected chi connectivity index (χ4v) is 24.2. The van der Waals surface area contributed by atoms with Crippen LogP contribution in [0.15, 0.2) is 36.4 Å². The zero-order chi connectivity index (χ0) is 81.9. The number of phenols is 2. The number of piperazine rings is 2. The van der Waals surface area contributed by atoms with Gasteiger partial charge in [-0.3, -0.25) is 49.4 Å². The third-order valence-electron chi connectivity index (χ3n) is 25.3. The van der Waals surface area contributed by atoms with Gasteiger partial charge in [-0.05, 0) is 136 Å². The van der Waals surface area contributed by atoms with E-state index < -0.39 is 106 Å². The number of rotatable bonds is 8. The number of carbonyl (C=O) groups excluding carboxylic acids is 6. The summed E-state index contributed by atoms with van der Waals surface area (Å²) in [7, 11) is 9.97. The zero-order valence-electron chi connectivity index (χ0n) is 66.4. The molecule has 2 spiro atoms. The van der Waals surface area contributed by atoms with E-state index in [0.29, 0.717) is 141 Å². The summed E-state index contributed by atoms with van der Waals surface area (Å²) in [5, 5.41) is 51.0. The Morgan fingerprint density at radius 3 is 1.39 bits per heavy atom. The average molecular weight is 1630 g/mol. The van der Waals surface area contributed by atoms with Gasteiger partial charge in [-0.25, -0.2) is 9.59 Å². The first-order chi connectivity index (χ1) is 55.7. The Bertz CT molecular complexity index is 5340. The normalized spacial score (nSPS) is 27.9. The lowest BCUT2D eigenvalue weighted by molar-refractivity contribution is -0.158. The topological polar surface area (TPSA) is 357 Å². The van der Waals surface area contributed by atoms with Crippen LogP contribution in [-0.4, -0.2) is 196 Å². The van der Waals surface area contributed by atoms with Gasteiger partial charge in [0.2, 0.25) is 13.6 Å². The number of carbonyl (C=O) groups is 6. The number of thioether (sulfide) groups is 2. The van der Waals surface area contributed by atoms with E-state index >= 15 is 0 Å². The summed E-state index contributed by atoms with van der Waals surface area (Å²) in [6.07, 6.45) is 2.02. The molecule has 6 aromatic carbocycles. The Labute approximate surface area is 676 Å². The van der Waals surface area contributed by atoms with Crippen molar-refractivity contribution in [1.29, 1.82) is 10.5 Å². The number of nitrogens with zero attached hydrogens (tertiary/aromatic N) is 6. The Hall–Kier alpha value is -10.4. The molecule has 116 heavy (non-hydrogen) atoms. The highest BCUT2D eigenvalue weighted by atomic mass is 32.2. The number of aromatic hydroxyl groups is 2. The van der Waals surface area contributed by atoms with Gasteiger partial charge in [-0.1, -0.05) is 12.1 Å². The number of phenolic OH excluding ortho intramolecular Hbond substituents is 2. The van der Waals surface area contributed by atoms with Crippen molar-refractivity contribution in [3.8, 4) is 92.6 Å². The molecule has 4 N–H and O–H groups in total. The summed E-state index contributed by atoms with van der Waals surface area (Å²) in [6, 6.07) is 10.4. The number of benzene rings is 6. The van der Waals surface area contributed by atoms with E-state index in [1.807, 2.05) is 53.9 Å². The Morgan fingerprint density at radius 1 is 0.500 bits per heavy atom. The second-order valence-electron chi connectivity index (χ2n) is 31.3. The number of fused-ring (bicyclic) bond motifs is 18. The monoisotopic (exact) mass is 1620 g/mol. The second kappa shape index (κ2) is 29.3. The average Bonchev–Trinajstić information content (AvgIpc) is 0.916. The van der Waals surface area contributed by atoms with Crippen LogP contribution in [0.5, 0.6) is 80.5 Å². The van der Waals surface area contributed by atoms with Gasteiger partial charge in [0.1, 0.15) is 36.8 Å². The quantitative estimate of drug-likeness (QED) is 0.0820. The lowest BCUT2D eigenvalue weighted by Crippen LogP contribution is -2.69. The van der Waals surface area contributed by atoms with Crippen LogP contribution in [0.1, 0.15) is 151 Å². The first kappa shape index (κ1) is 78.1. The van der Waals surface area contributed by atoms with Gasteiger partial charge in [-0.2, -0.15) is 10.5 Å². The molecule has 14 atom stereocenters. The van der Waals surface area contributed by atoms with E-state index in [1.54, 1.807) is 24.3 Å². The van der Waals surface area contributed by atoms with Crippen molar-refractivity contribution in [2.45, 2.75) is 163 Å². The van der Waals surface area contributed by atoms with Crippen LogP contribution >= 0.6 is 23.5 Å². The van der Waals surface area contributed by atoms with Gasteiger partial charge in [0.25, 0.3) is 0 Å². The summed E-state index contributed by atoms with van der Waals surface area (Å²) < 4.78 is 84.3. The molecule has 14 aliphatic rings. The van der Waals surface area contributed by atoms with Gasteiger partial charge < -0.3 is 76.5 Å². The molecular formula is C84H88N8O22S2. The number of hydrogen-bond acceptors (Lipinski definition) is 32. The van der Waals surface area contributed by atoms with Crippen molar-refractivity contribution in [2.24, 2.45) is 0 Å². The number of hydrogen-bond donors (Lipinski definition) is 4. The van der Waals surface area contributed by atoms with Crippen molar-refractivity contribution in [3.63, 3.8) is 0 Å². The van der Waals surface area contributed by atoms with Gasteiger partial charge in [0.05, 0.1) is 75.2 Å². The molecule has 14 heterocycles. The molecule has 608 valence electrons. The second-order valence-corrected chi connectivity index (χ2v) is 33.6. The predicted molar refractivity (Wildman–Crippen MR) is 415 cm³/mol. The van der Waals surface area contributed by atoms with Gasteiger partial charge >= 0.3 is 35.8 Å². The Kier molecular flexibility index (Phi) is 19.8. The maximum atomic E-state index is 15.0. The molecule has 4 saturated heterocycles. The molecule has 8 bridgehead atoms. The highest BCUT2D eigenvalue weighted by Gasteiger charge is 2.65. The summed E-state index contributed by atoms with van der Waals surface area (Å²) >= 11 is 2.93. The van der Waals surface area contributed by atoms with Gasteiger partial charge in [-0.15, -0.1) is 23.5 Å². The summed E-state index contributed by atoms with van der Waals surface area (Å²) in [6.45, 7) is 13.1. The highest BCUT2D eigenvalue weighted by molar-refractivity contribution is 7.99. The number of esters is 6. The molecule has 20 rings (SSSR count). The SMILES string of the molecule is COc1cc2c(cc1O)CCN[C@]21CS[C@@H]2c3c(OC(C)=O)c(C)c4c(c3[C@H](COC1=O)N1C2[C@H]2c3c(cc(C)c(OC)c3O)C[C@@H]([C@@H]1C#N)N2C)OCO4.COc1cc2c(cc1OC(C)=O)CCN[C@]21CS[C@@H]2c3c(OC(C)=O)c(C)c4c(c3[C@H](COC1=O)N1C2[C@H]2c3c(cc(C)c(OC)c3OC(C)=O)C[C@@H]([C@@H]1C#N)N2C)OCO4. The van der Waals surface area contributed by atoms with Crippen molar-refractivity contribution < 1.29 is 105 Å². The molecule has 14 aliphatic heterocycles. The third kappa shape index (κ3) is 11.7. The first-order valence-electron chi connectivity index (χ1n) is 38.4. The van der Waals surface area contributed by atoms with E-state index in [0.717, 1.165) is 38.9 Å². The fourth-order valence-electron chi connectivity index (χ4n) is 20.8. The molecule has 6 aromatic rings. The minimum atomic E-state index is -1.43. The summed E-state index contributed by atoms with van der Waals surface area (Å²) in [5.74, 6) is 1.32. The van der Waals surface area contributed by atoms with Crippen molar-refractivity contribution in [1.82, 2.24) is 30.2 Å². The van der Waals surface area contributed by atoms with Crippen LogP contribution in [0.3, 0.4) is 0 Å². The smallest absolute Gasteiger partial charge is 0.331 e. The summed E-state index contributed by atoms with van der Waals surface area (Å²) in [4.78, 5) is 89.4. The Morgan fingerprint density at radius 2 is 0.931 bits per heavy atom. The van der Waals surface area contributed by atoms with Crippen molar-refractivity contribution >= 4 is 59.3 Å². The molecule has 4 fully saturated rings. The van der Waals surface area contributed by atoms with Crippen LogP contribution in [0, 0.1) is 50.4 Å². The molecule has 0 aliphatic carbocycles. The zero-order valence-corrected chi connectivity index (χ0v) is 68.1. The van der Waals surface area contributed by atoms with Crippen molar-refractivity contribution in [3.05, 3.63) is 125 Å². The van der Waals surface area contributed by atoms with E-state index in [9.17, 15) is 49.5 Å². The van der Waals surface area contributed by atoms with Gasteiger partial charge in [0, 0.05) is 121 Å². The van der Waals surface area contributed by atoms with Crippen LogP contribution in [0.4, 0.5) is 0 Å². The predicted octanol–water partition coefficient (Wildman–Crippen LogP) is 8.41. The maximum Gasteiger partial charge on any atom is 0.331 e. The molecule has 0 aromatic heterocycles. The van der Waals surface area contributed by atoms with E-state index in [-0.39, 0.29) is 79.1 Å². The number of aryl methyl sites for hydroxylation is 2. The minimum Gasteiger partial charge on any atom is -0.504 e. The van der Waals surface area contributed by atoms with Crippen molar-refractivity contribution in [2.75, 3.05) is 93.9 Å². The standard InChI is InChI=1S/C44H46N4O12S.C40H42N4O10S/c1-19-11-25-12-27-28(15-45)48-29-16-55-43(52)44(26-14-30(53-7)31(58-21(3)49)13-24(26)9-10-46-44)17-61-42(34-33(29)40-39(56-18-57-40)20(2)38(34)59-22(4)50)36(48)35(47(27)6)32(25)41(37(19)54-8)60-23(5)51;1-17-9-21-10-23-24(13-41)44-25-14-51-39(48)40(22-12-27(49-5)26(46)11-20(22)7-8-42-40)15-55-38(32(44)31(43(23)4)28(21)33(47)34(17)50-6)30-29(25)37-36(52-16-53-37)18(2)35(30)54-19(3)45/h11,13-14,27-29,35-36,42,46H,9-10,12,16-18H2,1-8H3;9,11-12,23-25,31-32,38,42,46-47H,7-8,10,14-16H2,1-6H3/t27-,28-,29-,35+,36?,42+,44+;23-,24-,25-,31+,32?,38+,40+/m00/s1. The van der Waals surface area contributed by atoms with Crippen LogP contribution in [0.2, 0.25) is 0 Å². The number of nitrogens with one attached hydrogen (secondary N) is 2. The van der Waals surface area contributed by atoms with Gasteiger partial charge in [0.15, 0.2) is 80.1 Å². The number of ether oxygens (including phenoxy) is 14. The lowest BCUT2D eigenvalue weighted by atomic mass is 9.71. The maximum absolute atomic E-state index is 15.0. The number of methoxy groups -OCH3 is 4. The number of likely N-dealkylation sites (N-methyl/N-ethyl adjacent to an activating group) is 2. The van der Waals surface area contributed by atoms with Crippen LogP contribution < -0.4 is 67.5 Å². The van der Waals surface area contributed by atoms with E-state index in [4.69, 9.17) is 66.3 Å². The Balaban J connectivity index is 0.000000168. The fraction of sp³-hybridized carbons (Fsp3) is 0.476. The largest absolute Gasteiger partial charge is 0.504 e. The molecule has 30 nitrogen and oxygen atoms in total. The summed E-state index contributed by atoms with van der Waals surface area (Å²) in [5.41, 5.74) is 8.64. The van der Waals surface area contributed by atoms with E-state index in [2.05, 4.69) is 42.4 Å². The number of nitriles is 2. The molecule has 0 saturated carbocycles. The molecule has 2 unspecified atom stereocenters.